The molecule has 88 valence electrons. The van der Waals surface area contributed by atoms with Crippen LogP contribution in [0, 0.1) is 0 Å². The molecular formula is C12H17BrN2O. The van der Waals surface area contributed by atoms with Gasteiger partial charge in [0.25, 0.3) is 0 Å². The topological polar surface area (TPSA) is 49.5 Å². The highest BCUT2D eigenvalue weighted by Gasteiger charge is 2.32. The first-order valence-electron chi connectivity index (χ1n) is 5.48. The van der Waals surface area contributed by atoms with E-state index in [1.165, 1.54) is 0 Å². The van der Waals surface area contributed by atoms with Crippen molar-refractivity contribution in [2.24, 2.45) is 5.73 Å². The lowest BCUT2D eigenvalue weighted by Gasteiger charge is -2.23. The van der Waals surface area contributed by atoms with Crippen molar-refractivity contribution < 1.29 is 5.11 Å². The first-order valence-corrected chi connectivity index (χ1v) is 6.27. The van der Waals surface area contributed by atoms with Crippen molar-refractivity contribution in [3.8, 4) is 0 Å². The third kappa shape index (κ3) is 2.39. The van der Waals surface area contributed by atoms with E-state index in [0.29, 0.717) is 13.1 Å². The highest BCUT2D eigenvalue weighted by molar-refractivity contribution is 9.10. The monoisotopic (exact) mass is 284 g/mol. The number of rotatable bonds is 2. The van der Waals surface area contributed by atoms with Gasteiger partial charge in [0, 0.05) is 29.8 Å². The van der Waals surface area contributed by atoms with Gasteiger partial charge in [-0.25, -0.2) is 0 Å². The Bertz CT molecular complexity index is 393. The van der Waals surface area contributed by atoms with Gasteiger partial charge in [-0.2, -0.15) is 0 Å². The SMILES string of the molecule is CC1(O)CCN(c2ccc(Br)cc2CN)C1. The Hall–Kier alpha value is -0.580. The summed E-state index contributed by atoms with van der Waals surface area (Å²) < 4.78 is 1.04. The first kappa shape index (κ1) is 11.9. The number of aliphatic hydroxyl groups is 1. The van der Waals surface area contributed by atoms with Gasteiger partial charge in [-0.05, 0) is 37.1 Å². The molecule has 1 saturated heterocycles. The molecule has 0 spiro atoms. The Morgan fingerprint density at radius 3 is 2.88 bits per heavy atom. The second-order valence-corrected chi connectivity index (χ2v) is 5.56. The number of nitrogens with zero attached hydrogens (tertiary/aromatic N) is 1. The van der Waals surface area contributed by atoms with E-state index in [9.17, 15) is 5.11 Å². The van der Waals surface area contributed by atoms with Crippen LogP contribution < -0.4 is 10.6 Å². The van der Waals surface area contributed by atoms with E-state index in [1.807, 2.05) is 19.1 Å². The number of anilines is 1. The van der Waals surface area contributed by atoms with Gasteiger partial charge in [0.05, 0.1) is 5.60 Å². The normalized spacial score (nSPS) is 25.1. The van der Waals surface area contributed by atoms with E-state index < -0.39 is 5.60 Å². The average molecular weight is 285 g/mol. The molecule has 1 fully saturated rings. The lowest BCUT2D eigenvalue weighted by molar-refractivity contribution is 0.0839. The highest BCUT2D eigenvalue weighted by atomic mass is 79.9. The zero-order valence-electron chi connectivity index (χ0n) is 9.41. The second-order valence-electron chi connectivity index (χ2n) is 4.65. The largest absolute Gasteiger partial charge is 0.388 e. The minimum Gasteiger partial charge on any atom is -0.388 e. The van der Waals surface area contributed by atoms with Gasteiger partial charge in [-0.3, -0.25) is 0 Å². The maximum absolute atomic E-state index is 9.96. The molecule has 3 nitrogen and oxygen atoms in total. The summed E-state index contributed by atoms with van der Waals surface area (Å²) in [4.78, 5) is 2.20. The quantitative estimate of drug-likeness (QED) is 0.872. The van der Waals surface area contributed by atoms with E-state index in [2.05, 4.69) is 26.9 Å². The standard InChI is InChI=1S/C12H17BrN2O/c1-12(16)4-5-15(8-12)11-3-2-10(13)6-9(11)7-14/h2-3,6,16H,4-5,7-8,14H2,1H3. The van der Waals surface area contributed by atoms with Gasteiger partial charge < -0.3 is 15.7 Å². The van der Waals surface area contributed by atoms with Crippen molar-refractivity contribution in [1.29, 1.82) is 0 Å². The van der Waals surface area contributed by atoms with Crippen molar-refractivity contribution in [3.63, 3.8) is 0 Å². The smallest absolute Gasteiger partial charge is 0.0810 e. The van der Waals surface area contributed by atoms with Crippen molar-refractivity contribution in [1.82, 2.24) is 0 Å². The number of halogens is 1. The Morgan fingerprint density at radius 1 is 1.56 bits per heavy atom. The summed E-state index contributed by atoms with van der Waals surface area (Å²) in [7, 11) is 0. The summed E-state index contributed by atoms with van der Waals surface area (Å²) in [5.74, 6) is 0. The summed E-state index contributed by atoms with van der Waals surface area (Å²) in [5.41, 5.74) is 7.43. The predicted octanol–water partition coefficient (Wildman–Crippen LogP) is 1.87. The molecule has 1 aliphatic heterocycles. The molecule has 0 saturated carbocycles. The van der Waals surface area contributed by atoms with Crippen LogP contribution in [0.5, 0.6) is 0 Å². The van der Waals surface area contributed by atoms with Crippen LogP contribution in [0.3, 0.4) is 0 Å². The van der Waals surface area contributed by atoms with Crippen molar-refractivity contribution >= 4 is 21.6 Å². The number of nitrogens with two attached hydrogens (primary N) is 1. The Kier molecular flexibility index (Phi) is 3.24. The molecule has 1 unspecified atom stereocenters. The van der Waals surface area contributed by atoms with Gasteiger partial charge in [-0.15, -0.1) is 0 Å². The molecule has 1 aromatic rings. The van der Waals surface area contributed by atoms with Crippen LogP contribution in [0.15, 0.2) is 22.7 Å². The maximum Gasteiger partial charge on any atom is 0.0810 e. The third-order valence-electron chi connectivity index (χ3n) is 3.05. The van der Waals surface area contributed by atoms with Gasteiger partial charge >= 0.3 is 0 Å². The van der Waals surface area contributed by atoms with Crippen LogP contribution >= 0.6 is 15.9 Å². The zero-order chi connectivity index (χ0) is 11.8. The second kappa shape index (κ2) is 4.35. The molecule has 3 N–H and O–H groups in total. The molecule has 0 bridgehead atoms. The minimum absolute atomic E-state index is 0.521. The Morgan fingerprint density at radius 2 is 2.31 bits per heavy atom. The molecule has 2 rings (SSSR count). The number of hydrogen-bond donors (Lipinski definition) is 2. The van der Waals surface area contributed by atoms with Crippen LogP contribution in [-0.2, 0) is 6.54 Å². The van der Waals surface area contributed by atoms with Gasteiger partial charge in [-0.1, -0.05) is 15.9 Å². The average Bonchev–Trinajstić information content (AvgIpc) is 2.58. The molecule has 1 aromatic carbocycles. The predicted molar refractivity (Wildman–Crippen MR) is 69.5 cm³/mol. The van der Waals surface area contributed by atoms with Crippen LogP contribution in [0.2, 0.25) is 0 Å². The fourth-order valence-corrected chi connectivity index (χ4v) is 2.59. The Labute approximate surface area is 104 Å². The molecule has 0 aliphatic carbocycles. The molecule has 4 heteroatoms. The first-order chi connectivity index (χ1) is 7.52. The molecular weight excluding hydrogens is 268 g/mol. The van der Waals surface area contributed by atoms with E-state index in [0.717, 1.165) is 28.7 Å². The Balaban J connectivity index is 2.27. The molecule has 1 aliphatic rings. The van der Waals surface area contributed by atoms with E-state index >= 15 is 0 Å². The van der Waals surface area contributed by atoms with Crippen LogP contribution in [0.4, 0.5) is 5.69 Å². The summed E-state index contributed by atoms with van der Waals surface area (Å²) in [6, 6.07) is 6.12. The number of hydrogen-bond acceptors (Lipinski definition) is 3. The number of β-amino-alcohol motifs (C(OH)–C–C–N with tert-alkyl or cyclic N) is 1. The van der Waals surface area contributed by atoms with Crippen LogP contribution in [0.25, 0.3) is 0 Å². The summed E-state index contributed by atoms with van der Waals surface area (Å²) in [6.45, 7) is 3.98. The van der Waals surface area contributed by atoms with Gasteiger partial charge in [0.15, 0.2) is 0 Å². The maximum atomic E-state index is 9.96. The van der Waals surface area contributed by atoms with Crippen LogP contribution in [0.1, 0.15) is 18.9 Å². The number of benzene rings is 1. The third-order valence-corrected chi connectivity index (χ3v) is 3.55. The molecule has 0 amide bonds. The summed E-state index contributed by atoms with van der Waals surface area (Å²) >= 11 is 3.44. The van der Waals surface area contributed by atoms with Crippen molar-refractivity contribution in [2.75, 3.05) is 18.0 Å². The molecule has 1 heterocycles. The lowest BCUT2D eigenvalue weighted by atomic mass is 10.1. The molecule has 0 aromatic heterocycles. The van der Waals surface area contributed by atoms with E-state index in [4.69, 9.17) is 5.73 Å². The van der Waals surface area contributed by atoms with E-state index in [-0.39, 0.29) is 0 Å². The minimum atomic E-state index is -0.570. The van der Waals surface area contributed by atoms with Crippen molar-refractivity contribution in [3.05, 3.63) is 28.2 Å². The fraction of sp³-hybridized carbons (Fsp3) is 0.500. The molecule has 16 heavy (non-hydrogen) atoms. The lowest BCUT2D eigenvalue weighted by Crippen LogP contribution is -2.30. The van der Waals surface area contributed by atoms with Gasteiger partial charge in [0.2, 0.25) is 0 Å². The van der Waals surface area contributed by atoms with Gasteiger partial charge in [0.1, 0.15) is 0 Å². The molecule has 1 atom stereocenters. The van der Waals surface area contributed by atoms with Crippen molar-refractivity contribution in [2.45, 2.75) is 25.5 Å². The zero-order valence-corrected chi connectivity index (χ0v) is 11.0. The highest BCUT2D eigenvalue weighted by Crippen LogP contribution is 2.30. The van der Waals surface area contributed by atoms with E-state index in [1.54, 1.807) is 0 Å². The fourth-order valence-electron chi connectivity index (χ4n) is 2.18. The summed E-state index contributed by atoms with van der Waals surface area (Å²) in [6.07, 6.45) is 0.813. The van der Waals surface area contributed by atoms with Crippen LogP contribution in [-0.4, -0.2) is 23.8 Å². The molecule has 0 radical (unpaired) electrons. The summed E-state index contributed by atoms with van der Waals surface area (Å²) in [5, 5.41) is 9.96.